The topological polar surface area (TPSA) is 87.2 Å². The molecule has 0 saturated heterocycles. The second-order valence-corrected chi connectivity index (χ2v) is 7.65. The first kappa shape index (κ1) is 19.2. The molecule has 2 N–H and O–H groups in total. The molecule has 0 aliphatic carbocycles. The Morgan fingerprint density at radius 2 is 1.83 bits per heavy atom. The Balaban J connectivity index is 1.95. The number of hydrogen-bond donors (Lipinski definition) is 1. The molecular weight excluding hydrogens is 432 g/mol. The first-order valence-corrected chi connectivity index (χ1v) is 9.78. The Bertz CT molecular complexity index is 1250. The first-order chi connectivity index (χ1) is 13.9. The van der Waals surface area contributed by atoms with Gasteiger partial charge in [0.15, 0.2) is 0 Å². The molecule has 0 amide bonds. The van der Waals surface area contributed by atoms with Crippen LogP contribution in [-0.4, -0.2) is 16.6 Å². The summed E-state index contributed by atoms with van der Waals surface area (Å²) in [6, 6.07) is 20.1. The van der Waals surface area contributed by atoms with E-state index in [2.05, 4.69) is 20.9 Å². The Hall–Kier alpha value is -3.16. The number of benzene rings is 3. The molecule has 0 aliphatic heterocycles. The molecule has 0 saturated carbocycles. The molecule has 7 heteroatoms. The smallest absolute Gasteiger partial charge is 0.277 e. The number of anilines is 2. The Labute approximate surface area is 175 Å². The predicted octanol–water partition coefficient (Wildman–Crippen LogP) is 4.39. The monoisotopic (exact) mass is 449 g/mol. The standard InChI is InChI=1S/C22H18BrN4O2/c1-26(29)16-10-11-18(24)17(12-16)21-22(28)27(13-14-6-8-15(23)9-7-14)20-5-3-2-4-19(20)25-21/h2-12H,13,24H2,1H3/q-1. The van der Waals surface area contributed by atoms with Crippen LogP contribution in [0.4, 0.5) is 11.4 Å². The van der Waals surface area contributed by atoms with Gasteiger partial charge in [0, 0.05) is 21.4 Å². The van der Waals surface area contributed by atoms with E-state index in [1.807, 2.05) is 48.5 Å². The molecule has 146 valence electrons. The van der Waals surface area contributed by atoms with Crippen molar-refractivity contribution < 1.29 is 0 Å². The second-order valence-electron chi connectivity index (χ2n) is 6.74. The number of nitrogens with zero attached hydrogens (tertiary/aromatic N) is 3. The summed E-state index contributed by atoms with van der Waals surface area (Å²) < 4.78 is 2.66. The number of hydroxylamine groups is 1. The molecule has 4 rings (SSSR count). The quantitative estimate of drug-likeness (QED) is 0.368. The van der Waals surface area contributed by atoms with Gasteiger partial charge in [-0.1, -0.05) is 40.2 Å². The van der Waals surface area contributed by atoms with Crippen LogP contribution in [0.15, 0.2) is 76.0 Å². The van der Waals surface area contributed by atoms with Crippen LogP contribution in [0.5, 0.6) is 0 Å². The fourth-order valence-corrected chi connectivity index (χ4v) is 3.51. The van der Waals surface area contributed by atoms with Gasteiger partial charge in [0.05, 0.1) is 17.6 Å². The summed E-state index contributed by atoms with van der Waals surface area (Å²) in [4.78, 5) is 18.0. The molecule has 6 nitrogen and oxygen atoms in total. The summed E-state index contributed by atoms with van der Waals surface area (Å²) in [6.07, 6.45) is 0. The first-order valence-electron chi connectivity index (χ1n) is 8.99. The number of fused-ring (bicyclic) bond motifs is 1. The van der Waals surface area contributed by atoms with Crippen molar-refractivity contribution in [3.05, 3.63) is 92.3 Å². The van der Waals surface area contributed by atoms with Crippen molar-refractivity contribution in [3.8, 4) is 11.3 Å². The summed E-state index contributed by atoms with van der Waals surface area (Å²) in [5.74, 6) is 0. The third-order valence-electron chi connectivity index (χ3n) is 4.76. The van der Waals surface area contributed by atoms with Crippen LogP contribution in [0, 0.1) is 5.21 Å². The summed E-state index contributed by atoms with van der Waals surface area (Å²) in [6.45, 7) is 0.392. The van der Waals surface area contributed by atoms with Crippen LogP contribution in [0.25, 0.3) is 22.3 Å². The van der Waals surface area contributed by atoms with E-state index in [0.717, 1.165) is 20.6 Å². The van der Waals surface area contributed by atoms with Gasteiger partial charge in [-0.15, -0.1) is 0 Å². The van der Waals surface area contributed by atoms with Gasteiger partial charge < -0.3 is 20.6 Å². The average molecular weight is 450 g/mol. The minimum absolute atomic E-state index is 0.224. The highest BCUT2D eigenvalue weighted by Crippen LogP contribution is 2.28. The average Bonchev–Trinajstić information content (AvgIpc) is 2.71. The number of nitrogen functional groups attached to an aromatic ring is 1. The minimum Gasteiger partial charge on any atom is -0.758 e. The highest BCUT2D eigenvalue weighted by Gasteiger charge is 2.16. The van der Waals surface area contributed by atoms with Crippen LogP contribution in [0.1, 0.15) is 5.56 Å². The fraction of sp³-hybridized carbons (Fsp3) is 0.0909. The molecule has 0 unspecified atom stereocenters. The van der Waals surface area contributed by atoms with Crippen molar-refractivity contribution in [2.45, 2.75) is 6.54 Å². The highest BCUT2D eigenvalue weighted by molar-refractivity contribution is 9.10. The molecule has 0 spiro atoms. The molecule has 1 heterocycles. The van der Waals surface area contributed by atoms with Crippen LogP contribution >= 0.6 is 15.9 Å². The lowest BCUT2D eigenvalue weighted by atomic mass is 10.1. The SMILES string of the molecule is CN([O-])c1ccc(N)c(-c2nc3ccccc3n(Cc3ccc(Br)cc3)c2=O)c1. The predicted molar refractivity (Wildman–Crippen MR) is 121 cm³/mol. The minimum atomic E-state index is -0.260. The van der Waals surface area contributed by atoms with Crippen LogP contribution in [0.3, 0.4) is 0 Å². The summed E-state index contributed by atoms with van der Waals surface area (Å²) >= 11 is 3.43. The van der Waals surface area contributed by atoms with Crippen molar-refractivity contribution in [2.75, 3.05) is 17.8 Å². The highest BCUT2D eigenvalue weighted by atomic mass is 79.9. The van der Waals surface area contributed by atoms with Gasteiger partial charge in [-0.25, -0.2) is 4.98 Å². The van der Waals surface area contributed by atoms with Crippen molar-refractivity contribution >= 4 is 38.3 Å². The summed E-state index contributed by atoms with van der Waals surface area (Å²) in [5, 5.41) is 12.5. The lowest BCUT2D eigenvalue weighted by Crippen LogP contribution is -2.24. The van der Waals surface area contributed by atoms with E-state index >= 15 is 0 Å². The maximum Gasteiger partial charge on any atom is 0.277 e. The zero-order chi connectivity index (χ0) is 20.5. The van der Waals surface area contributed by atoms with Gasteiger partial charge in [0.2, 0.25) is 0 Å². The van der Waals surface area contributed by atoms with Crippen molar-refractivity contribution in [3.63, 3.8) is 0 Å². The van der Waals surface area contributed by atoms with Crippen LogP contribution < -0.4 is 16.4 Å². The lowest BCUT2D eigenvalue weighted by Gasteiger charge is -2.25. The normalized spacial score (nSPS) is 11.0. The fourth-order valence-electron chi connectivity index (χ4n) is 3.24. The third kappa shape index (κ3) is 3.74. The van der Waals surface area contributed by atoms with E-state index in [9.17, 15) is 10.0 Å². The molecule has 0 atom stereocenters. The van der Waals surface area contributed by atoms with E-state index in [1.165, 1.54) is 7.05 Å². The maximum absolute atomic E-state index is 13.4. The molecular formula is C22H18BrN4O2-. The molecule has 0 radical (unpaired) electrons. The summed E-state index contributed by atoms with van der Waals surface area (Å²) in [5.41, 5.74) is 9.75. The Kier molecular flexibility index (Phi) is 5.08. The van der Waals surface area contributed by atoms with E-state index in [4.69, 9.17) is 5.73 Å². The molecule has 3 aromatic carbocycles. The van der Waals surface area contributed by atoms with Crippen molar-refractivity contribution in [1.82, 2.24) is 9.55 Å². The Morgan fingerprint density at radius 1 is 1.10 bits per heavy atom. The molecule has 1 aromatic heterocycles. The third-order valence-corrected chi connectivity index (χ3v) is 5.29. The van der Waals surface area contributed by atoms with E-state index in [0.29, 0.717) is 29.0 Å². The number of nitrogens with two attached hydrogens (primary N) is 1. The number of hydrogen-bond acceptors (Lipinski definition) is 5. The second kappa shape index (κ2) is 7.69. The van der Waals surface area contributed by atoms with Gasteiger partial charge in [-0.05, 0) is 55.1 Å². The zero-order valence-electron chi connectivity index (χ0n) is 15.7. The molecule has 0 fully saturated rings. The largest absolute Gasteiger partial charge is 0.758 e. The molecule has 0 bridgehead atoms. The van der Waals surface area contributed by atoms with Gasteiger partial charge in [-0.2, -0.15) is 0 Å². The van der Waals surface area contributed by atoms with Gasteiger partial charge in [-0.3, -0.25) is 4.79 Å². The number of halogens is 1. The van der Waals surface area contributed by atoms with Gasteiger partial charge >= 0.3 is 0 Å². The number of rotatable bonds is 4. The zero-order valence-corrected chi connectivity index (χ0v) is 17.3. The van der Waals surface area contributed by atoms with E-state index in [-0.39, 0.29) is 11.3 Å². The number of aromatic nitrogens is 2. The van der Waals surface area contributed by atoms with Crippen molar-refractivity contribution in [2.24, 2.45) is 0 Å². The number of para-hydroxylation sites is 2. The molecule has 4 aromatic rings. The molecule has 29 heavy (non-hydrogen) atoms. The maximum atomic E-state index is 13.4. The lowest BCUT2D eigenvalue weighted by molar-refractivity contribution is 0.789. The molecule has 0 aliphatic rings. The van der Waals surface area contributed by atoms with Crippen LogP contribution in [-0.2, 0) is 6.54 Å². The van der Waals surface area contributed by atoms with E-state index in [1.54, 1.807) is 22.8 Å². The van der Waals surface area contributed by atoms with Gasteiger partial charge in [0.1, 0.15) is 5.69 Å². The van der Waals surface area contributed by atoms with Crippen molar-refractivity contribution in [1.29, 1.82) is 0 Å². The van der Waals surface area contributed by atoms with Gasteiger partial charge in [0.25, 0.3) is 5.56 Å². The Morgan fingerprint density at radius 3 is 2.55 bits per heavy atom. The van der Waals surface area contributed by atoms with Crippen LogP contribution in [0.2, 0.25) is 0 Å². The summed E-state index contributed by atoms with van der Waals surface area (Å²) in [7, 11) is 1.40. The van der Waals surface area contributed by atoms with E-state index < -0.39 is 0 Å².